The fraction of sp³-hybridized carbons (Fsp3) is 0.600. The molecule has 0 saturated heterocycles. The Morgan fingerprint density at radius 1 is 1.29 bits per heavy atom. The number of rotatable bonds is 4. The molecule has 2 nitrogen and oxygen atoms in total. The Hall–Kier alpha value is -1.18. The molecular weight excluding hydrogens is 208 g/mol. The maximum atomic E-state index is 6.03. The normalized spacial score (nSPS) is 16.4. The fourth-order valence-corrected chi connectivity index (χ4v) is 2.78. The monoisotopic (exact) mass is 232 g/mol. The van der Waals surface area contributed by atoms with Crippen molar-refractivity contribution in [2.75, 3.05) is 24.2 Å². The summed E-state index contributed by atoms with van der Waals surface area (Å²) in [5, 5.41) is 0. The molecule has 17 heavy (non-hydrogen) atoms. The largest absolute Gasteiger partial charge is 0.397 e. The Kier molecular flexibility index (Phi) is 3.93. The standard InChI is InChI=1S/C15H24N2/c1-12-7-8-14(16)15(11-12)17(2)10-9-13-5-3-4-6-13/h7-8,11,13H,3-6,9-10,16H2,1-2H3. The summed E-state index contributed by atoms with van der Waals surface area (Å²) < 4.78 is 0. The van der Waals surface area contributed by atoms with Gasteiger partial charge in [-0.05, 0) is 37.0 Å². The van der Waals surface area contributed by atoms with E-state index in [1.54, 1.807) is 0 Å². The summed E-state index contributed by atoms with van der Waals surface area (Å²) in [6.07, 6.45) is 7.03. The predicted molar refractivity (Wildman–Crippen MR) is 75.4 cm³/mol. The minimum atomic E-state index is 0.893. The number of nitrogens with zero attached hydrogens (tertiary/aromatic N) is 1. The highest BCUT2D eigenvalue weighted by atomic mass is 15.1. The Bertz CT molecular complexity index is 367. The van der Waals surface area contributed by atoms with Gasteiger partial charge in [0.1, 0.15) is 0 Å². The summed E-state index contributed by atoms with van der Waals surface area (Å²) in [6.45, 7) is 3.24. The first-order chi connectivity index (χ1) is 8.16. The van der Waals surface area contributed by atoms with Gasteiger partial charge in [-0.2, -0.15) is 0 Å². The molecule has 0 unspecified atom stereocenters. The average Bonchev–Trinajstić information content (AvgIpc) is 2.82. The molecule has 0 spiro atoms. The summed E-state index contributed by atoms with van der Waals surface area (Å²) in [6, 6.07) is 6.27. The molecule has 0 radical (unpaired) electrons. The highest BCUT2D eigenvalue weighted by Gasteiger charge is 2.15. The van der Waals surface area contributed by atoms with Crippen LogP contribution in [-0.4, -0.2) is 13.6 Å². The van der Waals surface area contributed by atoms with Crippen LogP contribution < -0.4 is 10.6 Å². The van der Waals surface area contributed by atoms with Crippen LogP contribution in [0.2, 0.25) is 0 Å². The summed E-state index contributed by atoms with van der Waals surface area (Å²) in [4.78, 5) is 2.31. The van der Waals surface area contributed by atoms with Gasteiger partial charge < -0.3 is 10.6 Å². The Balaban J connectivity index is 1.93. The minimum absolute atomic E-state index is 0.893. The third-order valence-corrected chi connectivity index (χ3v) is 3.94. The van der Waals surface area contributed by atoms with Crippen molar-refractivity contribution in [2.24, 2.45) is 5.92 Å². The van der Waals surface area contributed by atoms with Crippen molar-refractivity contribution >= 4 is 11.4 Å². The zero-order chi connectivity index (χ0) is 12.3. The van der Waals surface area contributed by atoms with Crippen molar-refractivity contribution in [3.63, 3.8) is 0 Å². The molecule has 1 aliphatic carbocycles. The quantitative estimate of drug-likeness (QED) is 0.804. The second kappa shape index (κ2) is 5.44. The van der Waals surface area contributed by atoms with Gasteiger partial charge in [0, 0.05) is 13.6 Å². The maximum Gasteiger partial charge on any atom is 0.0599 e. The van der Waals surface area contributed by atoms with Gasteiger partial charge in [-0.15, -0.1) is 0 Å². The highest BCUT2D eigenvalue weighted by molar-refractivity contribution is 5.68. The molecule has 1 saturated carbocycles. The van der Waals surface area contributed by atoms with E-state index in [1.807, 2.05) is 6.07 Å². The molecule has 1 aromatic carbocycles. The van der Waals surface area contributed by atoms with Crippen LogP contribution in [0.5, 0.6) is 0 Å². The third kappa shape index (κ3) is 3.15. The van der Waals surface area contributed by atoms with Crippen LogP contribution in [0.4, 0.5) is 11.4 Å². The lowest BCUT2D eigenvalue weighted by molar-refractivity contribution is 0.505. The molecule has 0 aliphatic heterocycles. The Labute approximate surface area is 105 Å². The van der Waals surface area contributed by atoms with Crippen LogP contribution in [0.25, 0.3) is 0 Å². The summed E-state index contributed by atoms with van der Waals surface area (Å²) in [5.41, 5.74) is 9.39. The van der Waals surface area contributed by atoms with E-state index in [1.165, 1.54) is 43.4 Å². The summed E-state index contributed by atoms with van der Waals surface area (Å²) in [5.74, 6) is 0.948. The summed E-state index contributed by atoms with van der Waals surface area (Å²) >= 11 is 0. The number of hydrogen-bond acceptors (Lipinski definition) is 2. The zero-order valence-electron chi connectivity index (χ0n) is 11.1. The van der Waals surface area contributed by atoms with Gasteiger partial charge >= 0.3 is 0 Å². The lowest BCUT2D eigenvalue weighted by atomic mass is 10.0. The number of benzene rings is 1. The van der Waals surface area contributed by atoms with Crippen molar-refractivity contribution in [3.05, 3.63) is 23.8 Å². The number of nitrogen functional groups attached to an aromatic ring is 1. The molecule has 2 heteroatoms. The minimum Gasteiger partial charge on any atom is -0.397 e. The van der Waals surface area contributed by atoms with E-state index in [9.17, 15) is 0 Å². The van der Waals surface area contributed by atoms with E-state index in [-0.39, 0.29) is 0 Å². The Morgan fingerprint density at radius 3 is 2.71 bits per heavy atom. The maximum absolute atomic E-state index is 6.03. The molecule has 1 aromatic rings. The van der Waals surface area contributed by atoms with Crippen LogP contribution in [0.3, 0.4) is 0 Å². The van der Waals surface area contributed by atoms with E-state index in [2.05, 4.69) is 31.0 Å². The molecule has 0 bridgehead atoms. The molecular formula is C15H24N2. The van der Waals surface area contributed by atoms with E-state index in [4.69, 9.17) is 5.73 Å². The van der Waals surface area contributed by atoms with Gasteiger partial charge in [0.05, 0.1) is 11.4 Å². The fourth-order valence-electron chi connectivity index (χ4n) is 2.78. The zero-order valence-corrected chi connectivity index (χ0v) is 11.1. The van der Waals surface area contributed by atoms with E-state index in [0.29, 0.717) is 0 Å². The number of anilines is 2. The smallest absolute Gasteiger partial charge is 0.0599 e. The van der Waals surface area contributed by atoms with Crippen molar-refractivity contribution in [1.82, 2.24) is 0 Å². The van der Waals surface area contributed by atoms with Crippen LogP contribution >= 0.6 is 0 Å². The number of aryl methyl sites for hydroxylation is 1. The van der Waals surface area contributed by atoms with Crippen molar-refractivity contribution in [1.29, 1.82) is 0 Å². The lowest BCUT2D eigenvalue weighted by Crippen LogP contribution is -2.21. The molecule has 0 aromatic heterocycles. The molecule has 0 atom stereocenters. The van der Waals surface area contributed by atoms with Gasteiger partial charge in [-0.25, -0.2) is 0 Å². The highest BCUT2D eigenvalue weighted by Crippen LogP contribution is 2.29. The van der Waals surface area contributed by atoms with Gasteiger partial charge in [-0.3, -0.25) is 0 Å². The van der Waals surface area contributed by atoms with Gasteiger partial charge in [0.25, 0.3) is 0 Å². The molecule has 0 amide bonds. The average molecular weight is 232 g/mol. The van der Waals surface area contributed by atoms with Crippen LogP contribution in [0, 0.1) is 12.8 Å². The first-order valence-corrected chi connectivity index (χ1v) is 6.74. The van der Waals surface area contributed by atoms with Gasteiger partial charge in [0.2, 0.25) is 0 Å². The molecule has 94 valence electrons. The predicted octanol–water partition coefficient (Wildman–Crippen LogP) is 3.59. The number of nitrogens with two attached hydrogens (primary N) is 1. The SMILES string of the molecule is Cc1ccc(N)c(N(C)CCC2CCCC2)c1. The van der Waals surface area contributed by atoms with E-state index >= 15 is 0 Å². The first kappa shape index (κ1) is 12.3. The van der Waals surface area contributed by atoms with Crippen molar-refractivity contribution < 1.29 is 0 Å². The van der Waals surface area contributed by atoms with Crippen LogP contribution in [-0.2, 0) is 0 Å². The second-order valence-electron chi connectivity index (χ2n) is 5.42. The first-order valence-electron chi connectivity index (χ1n) is 6.74. The topological polar surface area (TPSA) is 29.3 Å². The molecule has 1 aliphatic rings. The van der Waals surface area contributed by atoms with Gasteiger partial charge in [0.15, 0.2) is 0 Å². The van der Waals surface area contributed by atoms with Crippen LogP contribution in [0.15, 0.2) is 18.2 Å². The number of hydrogen-bond donors (Lipinski definition) is 1. The third-order valence-electron chi connectivity index (χ3n) is 3.94. The lowest BCUT2D eigenvalue weighted by Gasteiger charge is -2.23. The van der Waals surface area contributed by atoms with E-state index < -0.39 is 0 Å². The van der Waals surface area contributed by atoms with Crippen LogP contribution in [0.1, 0.15) is 37.7 Å². The van der Waals surface area contributed by atoms with Crippen molar-refractivity contribution in [2.45, 2.75) is 39.0 Å². The summed E-state index contributed by atoms with van der Waals surface area (Å²) in [7, 11) is 2.15. The van der Waals surface area contributed by atoms with E-state index in [0.717, 1.165) is 18.2 Å². The van der Waals surface area contributed by atoms with Gasteiger partial charge in [-0.1, -0.05) is 31.7 Å². The van der Waals surface area contributed by atoms with Crippen molar-refractivity contribution in [3.8, 4) is 0 Å². The molecule has 0 heterocycles. The molecule has 2 rings (SSSR count). The molecule has 2 N–H and O–H groups in total. The Morgan fingerprint density at radius 2 is 2.00 bits per heavy atom. The second-order valence-corrected chi connectivity index (χ2v) is 5.42. The molecule has 1 fully saturated rings.